The highest BCUT2D eigenvalue weighted by Gasteiger charge is 2.34. The molecule has 0 unspecified atom stereocenters. The summed E-state index contributed by atoms with van der Waals surface area (Å²) in [5, 5.41) is 11.0. The zero-order valence-electron chi connectivity index (χ0n) is 15.9. The van der Waals surface area contributed by atoms with E-state index >= 15 is 0 Å². The molecule has 0 spiro atoms. The van der Waals surface area contributed by atoms with Gasteiger partial charge in [-0.1, -0.05) is 35.5 Å². The molecule has 2 N–H and O–H groups in total. The van der Waals surface area contributed by atoms with Gasteiger partial charge in [-0.3, -0.25) is 4.79 Å². The molecule has 0 radical (unpaired) electrons. The number of carbonyl (C=O) groups is 1. The van der Waals surface area contributed by atoms with Gasteiger partial charge in [-0.2, -0.15) is 13.2 Å². The molecule has 0 saturated carbocycles. The van der Waals surface area contributed by atoms with Crippen LogP contribution in [-0.2, 0) is 11.0 Å². The zero-order chi connectivity index (χ0) is 21.5. The van der Waals surface area contributed by atoms with Crippen LogP contribution in [0.4, 0.5) is 18.9 Å². The summed E-state index contributed by atoms with van der Waals surface area (Å²) in [6, 6.07) is 10.7. The number of aromatic amines is 1. The Morgan fingerprint density at radius 1 is 1.17 bits per heavy atom. The lowest BCUT2D eigenvalue weighted by Gasteiger charge is -2.15. The van der Waals surface area contributed by atoms with Crippen LogP contribution in [0.5, 0.6) is 0 Å². The van der Waals surface area contributed by atoms with E-state index in [0.29, 0.717) is 11.2 Å². The van der Waals surface area contributed by atoms with E-state index in [2.05, 4.69) is 25.5 Å². The Hall–Kier alpha value is -3.14. The number of benzene rings is 2. The fourth-order valence-corrected chi connectivity index (χ4v) is 3.72. The molecule has 0 aliphatic carbocycles. The summed E-state index contributed by atoms with van der Waals surface area (Å²) in [7, 11) is 0. The standard InChI is InChI=1S/C20H16F3N5OS/c1-10-7-8-14-12(9-10)16-17(24-14)26-19(28-27-16)30-11(2)18(29)25-15-6-4-3-5-13(15)20(21,22)23/h3-9,11H,1-2H3,(H,25,29)(H,24,26,28)/t11-/m0/s1. The van der Waals surface area contributed by atoms with Crippen molar-refractivity contribution in [2.75, 3.05) is 5.32 Å². The number of aryl methyl sites for hydroxylation is 1. The maximum absolute atomic E-state index is 13.1. The lowest BCUT2D eigenvalue weighted by molar-refractivity contribution is -0.137. The largest absolute Gasteiger partial charge is 0.418 e. The molecule has 154 valence electrons. The fraction of sp³-hybridized carbons (Fsp3) is 0.200. The van der Waals surface area contributed by atoms with E-state index < -0.39 is 22.9 Å². The first-order valence-electron chi connectivity index (χ1n) is 8.99. The summed E-state index contributed by atoms with van der Waals surface area (Å²) in [6.07, 6.45) is -4.56. The van der Waals surface area contributed by atoms with Gasteiger partial charge in [0.15, 0.2) is 5.65 Å². The van der Waals surface area contributed by atoms with Crippen LogP contribution in [0.15, 0.2) is 47.6 Å². The van der Waals surface area contributed by atoms with Crippen LogP contribution in [0.2, 0.25) is 0 Å². The van der Waals surface area contributed by atoms with Gasteiger partial charge in [-0.05, 0) is 38.1 Å². The van der Waals surface area contributed by atoms with Crippen LogP contribution in [0.25, 0.3) is 22.1 Å². The van der Waals surface area contributed by atoms with Gasteiger partial charge in [0.05, 0.1) is 16.5 Å². The van der Waals surface area contributed by atoms with Gasteiger partial charge < -0.3 is 10.3 Å². The molecule has 30 heavy (non-hydrogen) atoms. The normalized spacial score (nSPS) is 13.0. The molecule has 2 aromatic carbocycles. The fourth-order valence-electron chi connectivity index (χ4n) is 3.01. The molecular formula is C20H16F3N5OS. The minimum absolute atomic E-state index is 0.248. The number of thioether (sulfide) groups is 1. The molecule has 2 aromatic heterocycles. The molecule has 4 rings (SSSR count). The quantitative estimate of drug-likeness (QED) is 0.447. The molecule has 0 aliphatic rings. The smallest absolute Gasteiger partial charge is 0.338 e. The Bertz CT molecular complexity index is 1250. The number of anilines is 1. The molecule has 4 aromatic rings. The molecule has 6 nitrogen and oxygen atoms in total. The van der Waals surface area contributed by atoms with Gasteiger partial charge in [0.25, 0.3) is 0 Å². The van der Waals surface area contributed by atoms with Gasteiger partial charge in [0.1, 0.15) is 5.52 Å². The summed E-state index contributed by atoms with van der Waals surface area (Å²) in [4.78, 5) is 20.0. The zero-order valence-corrected chi connectivity index (χ0v) is 16.7. The maximum Gasteiger partial charge on any atom is 0.418 e. The third-order valence-corrected chi connectivity index (χ3v) is 5.44. The highest BCUT2D eigenvalue weighted by atomic mass is 32.2. The van der Waals surface area contributed by atoms with Crippen molar-refractivity contribution < 1.29 is 18.0 Å². The van der Waals surface area contributed by atoms with Crippen molar-refractivity contribution in [2.24, 2.45) is 0 Å². The Morgan fingerprint density at radius 2 is 1.93 bits per heavy atom. The van der Waals surface area contributed by atoms with Crippen LogP contribution < -0.4 is 5.32 Å². The van der Waals surface area contributed by atoms with Crippen LogP contribution >= 0.6 is 11.8 Å². The van der Waals surface area contributed by atoms with Crippen LogP contribution in [0.1, 0.15) is 18.1 Å². The third kappa shape index (κ3) is 3.95. The molecular weight excluding hydrogens is 415 g/mol. The number of para-hydroxylation sites is 1. The molecule has 0 saturated heterocycles. The number of hydrogen-bond acceptors (Lipinski definition) is 5. The van der Waals surface area contributed by atoms with Crippen molar-refractivity contribution in [2.45, 2.75) is 30.4 Å². The van der Waals surface area contributed by atoms with E-state index in [1.807, 2.05) is 25.1 Å². The van der Waals surface area contributed by atoms with E-state index in [1.54, 1.807) is 6.92 Å². The number of alkyl halides is 3. The number of halogens is 3. The predicted octanol–water partition coefficient (Wildman–Crippen LogP) is 4.95. The number of amides is 1. The summed E-state index contributed by atoms with van der Waals surface area (Å²) in [5.41, 5.74) is 1.91. The van der Waals surface area contributed by atoms with Crippen molar-refractivity contribution >= 4 is 45.4 Å². The van der Waals surface area contributed by atoms with Crippen LogP contribution in [-0.4, -0.2) is 31.3 Å². The second-order valence-electron chi connectivity index (χ2n) is 6.76. The average molecular weight is 431 g/mol. The minimum atomic E-state index is -4.56. The number of hydrogen-bond donors (Lipinski definition) is 2. The average Bonchev–Trinajstić information content (AvgIpc) is 3.04. The summed E-state index contributed by atoms with van der Waals surface area (Å²) in [5.74, 6) is -0.590. The first-order valence-corrected chi connectivity index (χ1v) is 9.87. The van der Waals surface area contributed by atoms with E-state index in [4.69, 9.17) is 0 Å². The van der Waals surface area contributed by atoms with Gasteiger partial charge in [0.2, 0.25) is 11.1 Å². The minimum Gasteiger partial charge on any atom is -0.338 e. The van der Waals surface area contributed by atoms with Crippen molar-refractivity contribution in [1.82, 2.24) is 20.2 Å². The molecule has 10 heteroatoms. The van der Waals surface area contributed by atoms with Gasteiger partial charge in [-0.25, -0.2) is 4.98 Å². The summed E-state index contributed by atoms with van der Waals surface area (Å²) in [6.45, 7) is 3.54. The molecule has 0 aliphatic heterocycles. The highest BCUT2D eigenvalue weighted by molar-refractivity contribution is 8.00. The van der Waals surface area contributed by atoms with Crippen LogP contribution in [0, 0.1) is 6.92 Å². The molecule has 2 heterocycles. The van der Waals surface area contributed by atoms with Crippen molar-refractivity contribution in [3.05, 3.63) is 53.6 Å². The second-order valence-corrected chi connectivity index (χ2v) is 8.07. The maximum atomic E-state index is 13.1. The predicted molar refractivity (Wildman–Crippen MR) is 109 cm³/mol. The van der Waals surface area contributed by atoms with Gasteiger partial charge >= 0.3 is 6.18 Å². The summed E-state index contributed by atoms with van der Waals surface area (Å²) < 4.78 is 39.4. The summed E-state index contributed by atoms with van der Waals surface area (Å²) >= 11 is 1.01. The van der Waals surface area contributed by atoms with Gasteiger partial charge in [-0.15, -0.1) is 10.2 Å². The molecule has 0 bridgehead atoms. The van der Waals surface area contributed by atoms with E-state index in [1.165, 1.54) is 18.2 Å². The highest BCUT2D eigenvalue weighted by Crippen LogP contribution is 2.35. The van der Waals surface area contributed by atoms with Gasteiger partial charge in [0, 0.05) is 10.9 Å². The Morgan fingerprint density at radius 3 is 2.70 bits per heavy atom. The monoisotopic (exact) mass is 431 g/mol. The number of carbonyl (C=O) groups excluding carboxylic acids is 1. The molecule has 0 fully saturated rings. The van der Waals surface area contributed by atoms with Crippen molar-refractivity contribution in [3.8, 4) is 0 Å². The number of aromatic nitrogens is 4. The number of nitrogens with one attached hydrogen (secondary N) is 2. The van der Waals surface area contributed by atoms with Crippen molar-refractivity contribution in [3.63, 3.8) is 0 Å². The molecule has 1 atom stereocenters. The van der Waals surface area contributed by atoms with E-state index in [-0.39, 0.29) is 10.8 Å². The number of fused-ring (bicyclic) bond motifs is 3. The number of nitrogens with zero attached hydrogens (tertiary/aromatic N) is 3. The third-order valence-electron chi connectivity index (χ3n) is 4.49. The first-order chi connectivity index (χ1) is 14.2. The second kappa shape index (κ2) is 7.60. The Kier molecular flexibility index (Phi) is 5.10. The Balaban J connectivity index is 1.54. The SMILES string of the molecule is Cc1ccc2[nH]c3nc(S[C@@H](C)C(=O)Nc4ccccc4C(F)(F)F)nnc3c2c1. The molecule has 1 amide bonds. The van der Waals surface area contributed by atoms with Crippen molar-refractivity contribution in [1.29, 1.82) is 0 Å². The Labute approximate surface area is 173 Å². The lowest BCUT2D eigenvalue weighted by Crippen LogP contribution is -2.24. The number of H-pyrrole nitrogens is 1. The lowest BCUT2D eigenvalue weighted by atomic mass is 10.1. The van der Waals surface area contributed by atoms with E-state index in [9.17, 15) is 18.0 Å². The first kappa shape index (κ1) is 20.1. The van der Waals surface area contributed by atoms with E-state index in [0.717, 1.165) is 34.3 Å². The van der Waals surface area contributed by atoms with Crippen LogP contribution in [0.3, 0.4) is 0 Å². The topological polar surface area (TPSA) is 83.6 Å². The number of rotatable bonds is 4.